The van der Waals surface area contributed by atoms with E-state index in [-0.39, 0.29) is 0 Å². The Morgan fingerprint density at radius 1 is 1.07 bits per heavy atom. The van der Waals surface area contributed by atoms with E-state index in [1.807, 2.05) is 24.3 Å². The third kappa shape index (κ3) is 2.30. The minimum absolute atomic E-state index is 0.677. The molecule has 3 heteroatoms. The van der Waals surface area contributed by atoms with Gasteiger partial charge < -0.3 is 0 Å². The summed E-state index contributed by atoms with van der Waals surface area (Å²) in [5, 5.41) is 0. The van der Waals surface area contributed by atoms with Crippen molar-refractivity contribution in [3.63, 3.8) is 0 Å². The number of carbonyl (C=O) groups is 1. The molecular weight excluding hydrogens is 254 g/mol. The van der Waals surface area contributed by atoms with Crippen LogP contribution in [0.1, 0.15) is 10.4 Å². The van der Waals surface area contributed by atoms with Crippen molar-refractivity contribution in [1.82, 2.24) is 4.98 Å². The van der Waals surface area contributed by atoms with E-state index in [0.717, 1.165) is 22.0 Å². The van der Waals surface area contributed by atoms with E-state index in [9.17, 15) is 4.79 Å². The first kappa shape index (κ1) is 10.1. The Balaban J connectivity index is 2.37. The predicted octanol–water partition coefficient (Wildman–Crippen LogP) is 3.32. The summed E-state index contributed by atoms with van der Waals surface area (Å²) >= 11 is 3.33. The molecule has 0 saturated carbocycles. The monoisotopic (exact) mass is 261 g/mol. The fourth-order valence-electron chi connectivity index (χ4n) is 1.28. The van der Waals surface area contributed by atoms with Crippen molar-refractivity contribution in [3.8, 4) is 11.3 Å². The van der Waals surface area contributed by atoms with Crippen molar-refractivity contribution < 1.29 is 4.79 Å². The first-order chi connectivity index (χ1) is 7.29. The van der Waals surface area contributed by atoms with E-state index in [0.29, 0.717) is 5.56 Å². The van der Waals surface area contributed by atoms with E-state index >= 15 is 0 Å². The number of hydrogen-bond acceptors (Lipinski definition) is 2. The summed E-state index contributed by atoms with van der Waals surface area (Å²) in [6, 6.07) is 11.2. The molecule has 0 spiro atoms. The standard InChI is InChI=1S/C12H8BrNO/c13-11-5-6-12(14-7-11)10-3-1-9(8-15)2-4-10/h1-8H. The van der Waals surface area contributed by atoms with Gasteiger partial charge in [0.25, 0.3) is 0 Å². The van der Waals surface area contributed by atoms with Crippen molar-refractivity contribution in [2.75, 3.05) is 0 Å². The second-order valence-corrected chi connectivity index (χ2v) is 4.02. The van der Waals surface area contributed by atoms with Crippen LogP contribution in [0.15, 0.2) is 47.1 Å². The highest BCUT2D eigenvalue weighted by Gasteiger charge is 1.98. The average molecular weight is 262 g/mol. The third-order valence-corrected chi connectivity index (χ3v) is 2.54. The van der Waals surface area contributed by atoms with Gasteiger partial charge in [0.2, 0.25) is 0 Å². The zero-order chi connectivity index (χ0) is 10.7. The molecule has 0 N–H and O–H groups in total. The Labute approximate surface area is 96.1 Å². The molecule has 2 rings (SSSR count). The molecule has 1 aromatic carbocycles. The van der Waals surface area contributed by atoms with Gasteiger partial charge in [-0.3, -0.25) is 9.78 Å². The molecule has 0 aliphatic carbocycles. The van der Waals surface area contributed by atoms with Crippen molar-refractivity contribution >= 4 is 22.2 Å². The molecule has 2 aromatic rings. The second kappa shape index (κ2) is 4.36. The molecule has 0 unspecified atom stereocenters. The Morgan fingerprint density at radius 3 is 2.33 bits per heavy atom. The summed E-state index contributed by atoms with van der Waals surface area (Å²) < 4.78 is 0.954. The highest BCUT2D eigenvalue weighted by molar-refractivity contribution is 9.10. The van der Waals surface area contributed by atoms with Crippen LogP contribution in [-0.2, 0) is 0 Å². The Morgan fingerprint density at radius 2 is 1.80 bits per heavy atom. The number of aldehydes is 1. The topological polar surface area (TPSA) is 30.0 Å². The zero-order valence-electron chi connectivity index (χ0n) is 7.85. The molecule has 1 heterocycles. The summed E-state index contributed by atoms with van der Waals surface area (Å²) in [6.07, 6.45) is 2.59. The van der Waals surface area contributed by atoms with Crippen LogP contribution in [0.4, 0.5) is 0 Å². The lowest BCUT2D eigenvalue weighted by molar-refractivity contribution is 0.112. The number of pyridine rings is 1. The molecule has 0 saturated heterocycles. The van der Waals surface area contributed by atoms with E-state index in [1.54, 1.807) is 18.3 Å². The summed E-state index contributed by atoms with van der Waals surface area (Å²) in [6.45, 7) is 0. The van der Waals surface area contributed by atoms with Crippen LogP contribution in [0, 0.1) is 0 Å². The highest BCUT2D eigenvalue weighted by atomic mass is 79.9. The second-order valence-electron chi connectivity index (χ2n) is 3.10. The maximum atomic E-state index is 10.5. The number of benzene rings is 1. The molecule has 0 bridgehead atoms. The van der Waals surface area contributed by atoms with Gasteiger partial charge in [-0.2, -0.15) is 0 Å². The molecule has 0 aliphatic rings. The van der Waals surface area contributed by atoms with Crippen molar-refractivity contribution in [2.24, 2.45) is 0 Å². The first-order valence-electron chi connectivity index (χ1n) is 4.47. The first-order valence-corrected chi connectivity index (χ1v) is 5.26. The summed E-state index contributed by atoms with van der Waals surface area (Å²) in [7, 11) is 0. The molecular formula is C12H8BrNO. The number of halogens is 1. The lowest BCUT2D eigenvalue weighted by Crippen LogP contribution is -1.84. The molecule has 74 valence electrons. The molecule has 1 aromatic heterocycles. The normalized spacial score (nSPS) is 9.93. The molecule has 15 heavy (non-hydrogen) atoms. The minimum Gasteiger partial charge on any atom is -0.298 e. The smallest absolute Gasteiger partial charge is 0.150 e. The highest BCUT2D eigenvalue weighted by Crippen LogP contribution is 2.18. The maximum absolute atomic E-state index is 10.5. The van der Waals surface area contributed by atoms with Gasteiger partial charge in [0, 0.05) is 21.8 Å². The Bertz CT molecular complexity index is 462. The molecule has 2 nitrogen and oxygen atoms in total. The van der Waals surface area contributed by atoms with Crippen molar-refractivity contribution in [2.45, 2.75) is 0 Å². The van der Waals surface area contributed by atoms with Crippen LogP contribution < -0.4 is 0 Å². The lowest BCUT2D eigenvalue weighted by atomic mass is 10.1. The number of hydrogen-bond donors (Lipinski definition) is 0. The third-order valence-electron chi connectivity index (χ3n) is 2.07. The number of carbonyl (C=O) groups excluding carboxylic acids is 1. The van der Waals surface area contributed by atoms with Crippen LogP contribution >= 0.6 is 15.9 Å². The maximum Gasteiger partial charge on any atom is 0.150 e. The quantitative estimate of drug-likeness (QED) is 0.777. The fraction of sp³-hybridized carbons (Fsp3) is 0. The van der Waals surface area contributed by atoms with Crippen molar-refractivity contribution in [3.05, 3.63) is 52.6 Å². The van der Waals surface area contributed by atoms with Crippen LogP contribution in [0.25, 0.3) is 11.3 Å². The molecule has 0 radical (unpaired) electrons. The minimum atomic E-state index is 0.677. The average Bonchev–Trinajstić information content (AvgIpc) is 2.30. The predicted molar refractivity (Wildman–Crippen MR) is 62.8 cm³/mol. The van der Waals surface area contributed by atoms with E-state index in [4.69, 9.17) is 0 Å². The van der Waals surface area contributed by atoms with Crippen LogP contribution in [0.5, 0.6) is 0 Å². The lowest BCUT2D eigenvalue weighted by Gasteiger charge is -2.00. The zero-order valence-corrected chi connectivity index (χ0v) is 9.44. The number of aromatic nitrogens is 1. The van der Waals surface area contributed by atoms with Gasteiger partial charge in [0.15, 0.2) is 0 Å². The van der Waals surface area contributed by atoms with Gasteiger partial charge in [-0.25, -0.2) is 0 Å². The molecule has 0 aliphatic heterocycles. The Kier molecular flexibility index (Phi) is 2.92. The van der Waals surface area contributed by atoms with Gasteiger partial charge in [-0.15, -0.1) is 0 Å². The summed E-state index contributed by atoms with van der Waals surface area (Å²) in [5.74, 6) is 0. The van der Waals surface area contributed by atoms with E-state index in [1.165, 1.54) is 0 Å². The largest absolute Gasteiger partial charge is 0.298 e. The van der Waals surface area contributed by atoms with Gasteiger partial charge >= 0.3 is 0 Å². The van der Waals surface area contributed by atoms with Gasteiger partial charge in [-0.05, 0) is 28.1 Å². The number of nitrogens with zero attached hydrogens (tertiary/aromatic N) is 1. The van der Waals surface area contributed by atoms with Gasteiger partial charge in [-0.1, -0.05) is 24.3 Å². The molecule has 0 amide bonds. The number of rotatable bonds is 2. The van der Waals surface area contributed by atoms with Crippen molar-refractivity contribution in [1.29, 1.82) is 0 Å². The van der Waals surface area contributed by atoms with Crippen LogP contribution in [-0.4, -0.2) is 11.3 Å². The fourth-order valence-corrected chi connectivity index (χ4v) is 1.51. The summed E-state index contributed by atoms with van der Waals surface area (Å²) in [4.78, 5) is 14.7. The Hall–Kier alpha value is -1.48. The van der Waals surface area contributed by atoms with Gasteiger partial charge in [0.1, 0.15) is 6.29 Å². The van der Waals surface area contributed by atoms with Crippen LogP contribution in [0.3, 0.4) is 0 Å². The molecule has 0 atom stereocenters. The van der Waals surface area contributed by atoms with E-state index < -0.39 is 0 Å². The van der Waals surface area contributed by atoms with E-state index in [2.05, 4.69) is 20.9 Å². The summed E-state index contributed by atoms with van der Waals surface area (Å²) in [5.41, 5.74) is 2.58. The van der Waals surface area contributed by atoms with Crippen LogP contribution in [0.2, 0.25) is 0 Å². The van der Waals surface area contributed by atoms with Gasteiger partial charge in [0.05, 0.1) is 5.69 Å². The SMILES string of the molecule is O=Cc1ccc(-c2ccc(Br)cn2)cc1. The molecule has 0 fully saturated rings.